The number of para-hydroxylation sites is 1. The van der Waals surface area contributed by atoms with Crippen molar-refractivity contribution in [1.29, 1.82) is 0 Å². The maximum Gasteiger partial charge on any atom is 0.348 e. The molecule has 3 aromatic carbocycles. The summed E-state index contributed by atoms with van der Waals surface area (Å²) in [5, 5.41) is 13.4. The molecule has 10 heteroatoms. The molecule has 0 aliphatic carbocycles. The Morgan fingerprint density at radius 2 is 1.47 bits per heavy atom. The number of aromatic nitrogens is 2. The number of nitrogens with one attached hydrogen (secondary N) is 1. The van der Waals surface area contributed by atoms with Crippen molar-refractivity contribution in [2.24, 2.45) is 0 Å². The summed E-state index contributed by atoms with van der Waals surface area (Å²) in [6.07, 6.45) is 0.193. The molecule has 0 amide bonds. The van der Waals surface area contributed by atoms with Gasteiger partial charge in [0, 0.05) is 71.4 Å². The average molecular weight is 609 g/mol. The Labute approximate surface area is 264 Å². The summed E-state index contributed by atoms with van der Waals surface area (Å²) in [6, 6.07) is 29.0. The first-order valence-electron chi connectivity index (χ1n) is 15.5. The van der Waals surface area contributed by atoms with Gasteiger partial charge in [-0.05, 0) is 42.3 Å². The molecule has 3 heterocycles. The number of carbonyl (C=O) groups is 1. The second kappa shape index (κ2) is 14.0. The van der Waals surface area contributed by atoms with Crippen molar-refractivity contribution >= 4 is 17.7 Å². The summed E-state index contributed by atoms with van der Waals surface area (Å²) in [7, 11) is 0. The zero-order valence-corrected chi connectivity index (χ0v) is 25.6. The largest absolute Gasteiger partial charge is 0.478 e. The molecule has 0 saturated carbocycles. The van der Waals surface area contributed by atoms with Crippen molar-refractivity contribution in [1.82, 2.24) is 20.2 Å². The van der Waals surface area contributed by atoms with Gasteiger partial charge in [-0.3, -0.25) is 4.90 Å². The molecular weight excluding hydrogens is 568 g/mol. The molecule has 1 unspecified atom stereocenters. The average Bonchev–Trinajstić information content (AvgIpc) is 3.07. The lowest BCUT2D eigenvalue weighted by Gasteiger charge is -2.36. The third-order valence-corrected chi connectivity index (χ3v) is 8.25. The number of ether oxygens (including phenoxy) is 2. The van der Waals surface area contributed by atoms with E-state index in [0.29, 0.717) is 23.3 Å². The topological polar surface area (TPSA) is 103 Å². The molecule has 45 heavy (non-hydrogen) atoms. The van der Waals surface area contributed by atoms with Crippen LogP contribution in [0.2, 0.25) is 0 Å². The molecule has 2 aliphatic rings. The fraction of sp³-hybridized carbons (Fsp3) is 0.343. The van der Waals surface area contributed by atoms with Crippen LogP contribution in [0.3, 0.4) is 0 Å². The lowest BCUT2D eigenvalue weighted by Crippen LogP contribution is -2.47. The third kappa shape index (κ3) is 7.89. The van der Waals surface area contributed by atoms with Crippen LogP contribution in [-0.4, -0.2) is 83.9 Å². The van der Waals surface area contributed by atoms with Crippen molar-refractivity contribution in [2.75, 3.05) is 62.2 Å². The zero-order chi connectivity index (χ0) is 31.1. The molecule has 2 N–H and O–H groups in total. The summed E-state index contributed by atoms with van der Waals surface area (Å²) >= 11 is 0. The first-order valence-corrected chi connectivity index (χ1v) is 15.5. The van der Waals surface area contributed by atoms with E-state index in [1.54, 1.807) is 19.1 Å². The van der Waals surface area contributed by atoms with Crippen molar-refractivity contribution in [3.63, 3.8) is 0 Å². The Bertz CT molecular complexity index is 1540. The Hall–Kier alpha value is -4.67. The van der Waals surface area contributed by atoms with E-state index in [1.807, 2.05) is 48.5 Å². The van der Waals surface area contributed by atoms with Gasteiger partial charge < -0.3 is 29.7 Å². The molecular formula is C35H40N6O4. The van der Waals surface area contributed by atoms with Gasteiger partial charge in [-0.1, -0.05) is 60.7 Å². The van der Waals surface area contributed by atoms with Crippen molar-refractivity contribution in [2.45, 2.75) is 25.5 Å². The first kappa shape index (κ1) is 30.4. The highest BCUT2D eigenvalue weighted by Gasteiger charge is 2.36. The van der Waals surface area contributed by atoms with Gasteiger partial charge in [-0.25, -0.2) is 4.79 Å². The van der Waals surface area contributed by atoms with Crippen LogP contribution in [0.15, 0.2) is 91.0 Å². The summed E-state index contributed by atoms with van der Waals surface area (Å²) in [5.41, 5.74) is 0.725. The van der Waals surface area contributed by atoms with E-state index in [1.165, 1.54) is 5.56 Å². The molecule has 2 aliphatic heterocycles. The van der Waals surface area contributed by atoms with Gasteiger partial charge >= 0.3 is 5.97 Å². The molecule has 0 bridgehead atoms. The number of anilines is 2. The minimum atomic E-state index is -1.42. The molecule has 2 fully saturated rings. The van der Waals surface area contributed by atoms with Crippen LogP contribution in [-0.2, 0) is 17.8 Å². The van der Waals surface area contributed by atoms with Crippen LogP contribution in [0.5, 0.6) is 17.4 Å². The number of benzene rings is 3. The highest BCUT2D eigenvalue weighted by atomic mass is 16.5. The molecule has 4 aromatic rings. The van der Waals surface area contributed by atoms with E-state index in [2.05, 4.69) is 50.3 Å². The second-order valence-electron chi connectivity index (χ2n) is 11.7. The second-order valence-corrected chi connectivity index (χ2v) is 11.7. The van der Waals surface area contributed by atoms with Gasteiger partial charge in [-0.2, -0.15) is 9.97 Å². The Balaban J connectivity index is 1.16. The first-order chi connectivity index (χ1) is 21.9. The monoisotopic (exact) mass is 608 g/mol. The van der Waals surface area contributed by atoms with Gasteiger partial charge in [0.1, 0.15) is 17.3 Å². The van der Waals surface area contributed by atoms with E-state index in [-0.39, 0.29) is 6.42 Å². The molecule has 0 radical (unpaired) electrons. The molecule has 2 saturated heterocycles. The minimum Gasteiger partial charge on any atom is -0.478 e. The van der Waals surface area contributed by atoms with E-state index >= 15 is 0 Å². The lowest BCUT2D eigenvalue weighted by atomic mass is 9.96. The van der Waals surface area contributed by atoms with Gasteiger partial charge in [0.2, 0.25) is 17.4 Å². The maximum absolute atomic E-state index is 12.2. The smallest absolute Gasteiger partial charge is 0.348 e. The standard InChI is InChI=1S/C35H40N6O4/c1-35(33(42)43,45-30-10-6-3-7-11-30)25-27-12-14-29(15-13-27)44-32-24-31(37-34(38-32)41-18-16-36-17-19-41)40-22-20-39(21-23-40)26-28-8-4-2-5-9-28/h2-15,24,36H,16-23,25-26H2,1H3,(H,42,43). The van der Waals surface area contributed by atoms with Crippen LogP contribution >= 0.6 is 0 Å². The van der Waals surface area contributed by atoms with Crippen LogP contribution in [0.4, 0.5) is 11.8 Å². The van der Waals surface area contributed by atoms with Crippen LogP contribution in [0.25, 0.3) is 0 Å². The Morgan fingerprint density at radius 1 is 0.800 bits per heavy atom. The SMILES string of the molecule is CC(Cc1ccc(Oc2cc(N3CCN(Cc4ccccc4)CC3)nc(N3CCNCC3)n2)cc1)(Oc1ccccc1)C(=O)O. The Morgan fingerprint density at radius 3 is 2.13 bits per heavy atom. The number of hydrogen-bond donors (Lipinski definition) is 2. The molecule has 6 rings (SSSR count). The van der Waals surface area contributed by atoms with Crippen molar-refractivity contribution in [3.05, 3.63) is 102 Å². The minimum absolute atomic E-state index is 0.193. The summed E-state index contributed by atoms with van der Waals surface area (Å²) in [5.74, 6) is 2.11. The maximum atomic E-state index is 12.2. The van der Waals surface area contributed by atoms with Gasteiger partial charge in [0.25, 0.3) is 0 Å². The fourth-order valence-corrected chi connectivity index (χ4v) is 5.69. The quantitative estimate of drug-likeness (QED) is 0.254. The van der Waals surface area contributed by atoms with Crippen LogP contribution in [0.1, 0.15) is 18.1 Å². The number of carboxylic acids is 1. The highest BCUT2D eigenvalue weighted by Crippen LogP contribution is 2.29. The Kier molecular flexibility index (Phi) is 9.42. The van der Waals surface area contributed by atoms with Gasteiger partial charge in [0.15, 0.2) is 0 Å². The zero-order valence-electron chi connectivity index (χ0n) is 25.6. The molecule has 1 aromatic heterocycles. The number of carboxylic acid groups (broad SMARTS) is 1. The van der Waals surface area contributed by atoms with E-state index in [0.717, 1.165) is 70.3 Å². The highest BCUT2D eigenvalue weighted by molar-refractivity contribution is 5.78. The van der Waals surface area contributed by atoms with Gasteiger partial charge in [0.05, 0.1) is 0 Å². The third-order valence-electron chi connectivity index (χ3n) is 8.25. The predicted molar refractivity (Wildman–Crippen MR) is 174 cm³/mol. The number of rotatable bonds is 11. The number of piperazine rings is 2. The number of nitrogens with zero attached hydrogens (tertiary/aromatic N) is 5. The van der Waals surface area contributed by atoms with Crippen LogP contribution < -0.4 is 24.6 Å². The lowest BCUT2D eigenvalue weighted by molar-refractivity contribution is -0.153. The normalized spacial score (nSPS) is 17.0. The molecule has 0 spiro atoms. The predicted octanol–water partition coefficient (Wildman–Crippen LogP) is 4.47. The molecule has 10 nitrogen and oxygen atoms in total. The summed E-state index contributed by atoms with van der Waals surface area (Å²) in [4.78, 5) is 28.9. The summed E-state index contributed by atoms with van der Waals surface area (Å²) < 4.78 is 12.2. The molecule has 1 atom stereocenters. The van der Waals surface area contributed by atoms with Crippen molar-refractivity contribution < 1.29 is 19.4 Å². The van der Waals surface area contributed by atoms with Crippen LogP contribution in [0, 0.1) is 0 Å². The number of aliphatic carboxylic acids is 1. The van der Waals surface area contributed by atoms with E-state index in [9.17, 15) is 9.90 Å². The van der Waals surface area contributed by atoms with Crippen molar-refractivity contribution in [3.8, 4) is 17.4 Å². The summed E-state index contributed by atoms with van der Waals surface area (Å²) in [6.45, 7) is 9.59. The van der Waals surface area contributed by atoms with E-state index < -0.39 is 11.6 Å². The number of hydrogen-bond acceptors (Lipinski definition) is 9. The fourth-order valence-electron chi connectivity index (χ4n) is 5.69. The molecule has 234 valence electrons. The van der Waals surface area contributed by atoms with Gasteiger partial charge in [-0.15, -0.1) is 0 Å². The van der Waals surface area contributed by atoms with E-state index in [4.69, 9.17) is 19.4 Å².